The van der Waals surface area contributed by atoms with Crippen molar-refractivity contribution in [2.75, 3.05) is 11.4 Å². The second kappa shape index (κ2) is 5.80. The molecule has 1 unspecified atom stereocenters. The molecule has 0 amide bonds. The third-order valence-electron chi connectivity index (χ3n) is 3.84. The number of rotatable bonds is 2. The highest BCUT2D eigenvalue weighted by atomic mass is 32.1. The molecule has 0 saturated carbocycles. The molecule has 1 aliphatic heterocycles. The van der Waals surface area contributed by atoms with Crippen LogP contribution in [-0.4, -0.2) is 22.7 Å². The fraction of sp³-hybridized carbons (Fsp3) is 0.800. The third-order valence-corrected chi connectivity index (χ3v) is 4.92. The fourth-order valence-electron chi connectivity index (χ4n) is 2.71. The van der Waals surface area contributed by atoms with E-state index in [1.807, 2.05) is 0 Å². The van der Waals surface area contributed by atoms with Crippen LogP contribution >= 0.6 is 11.3 Å². The van der Waals surface area contributed by atoms with Crippen LogP contribution in [0.4, 0.5) is 5.13 Å². The Bertz CT molecular complexity index is 422. The zero-order valence-electron chi connectivity index (χ0n) is 12.6. The van der Waals surface area contributed by atoms with Gasteiger partial charge in [0.05, 0.1) is 17.2 Å². The molecule has 2 heterocycles. The van der Waals surface area contributed by atoms with Crippen molar-refractivity contribution < 1.29 is 5.11 Å². The number of thiazole rings is 1. The number of hydrogen-bond acceptors (Lipinski definition) is 4. The van der Waals surface area contributed by atoms with Crippen molar-refractivity contribution in [2.24, 2.45) is 0 Å². The molecule has 1 N–H and O–H groups in total. The molecule has 1 saturated heterocycles. The van der Waals surface area contributed by atoms with Gasteiger partial charge in [-0.15, -0.1) is 0 Å². The van der Waals surface area contributed by atoms with E-state index in [9.17, 15) is 5.11 Å². The van der Waals surface area contributed by atoms with Gasteiger partial charge in [0.1, 0.15) is 0 Å². The molecular weight excluding hydrogens is 256 g/mol. The van der Waals surface area contributed by atoms with Crippen LogP contribution in [0.5, 0.6) is 0 Å². The van der Waals surface area contributed by atoms with E-state index in [-0.39, 0.29) is 12.0 Å². The van der Waals surface area contributed by atoms with Crippen LogP contribution in [0.1, 0.15) is 63.9 Å². The van der Waals surface area contributed by atoms with Gasteiger partial charge in [0.25, 0.3) is 0 Å². The Morgan fingerprint density at radius 3 is 2.63 bits per heavy atom. The molecule has 108 valence electrons. The summed E-state index contributed by atoms with van der Waals surface area (Å²) in [7, 11) is 0. The minimum Gasteiger partial charge on any atom is -0.391 e. The Labute approximate surface area is 120 Å². The first kappa shape index (κ1) is 14.8. The highest BCUT2D eigenvalue weighted by Crippen LogP contribution is 2.35. The van der Waals surface area contributed by atoms with Crippen molar-refractivity contribution in [1.29, 1.82) is 0 Å². The lowest BCUT2D eigenvalue weighted by atomic mass is 9.91. The first-order chi connectivity index (χ1) is 8.93. The zero-order chi connectivity index (χ0) is 14.0. The lowest BCUT2D eigenvalue weighted by Crippen LogP contribution is -2.32. The maximum atomic E-state index is 9.57. The Kier molecular flexibility index (Phi) is 4.51. The molecular formula is C15H26N2OS. The van der Waals surface area contributed by atoms with E-state index in [0.29, 0.717) is 6.04 Å². The largest absolute Gasteiger partial charge is 0.391 e. The van der Waals surface area contributed by atoms with Crippen molar-refractivity contribution in [3.8, 4) is 0 Å². The van der Waals surface area contributed by atoms with E-state index < -0.39 is 0 Å². The first-order valence-electron chi connectivity index (χ1n) is 7.31. The Hall–Kier alpha value is -0.610. The number of aliphatic hydroxyl groups is 1. The predicted molar refractivity (Wildman–Crippen MR) is 82.0 cm³/mol. The van der Waals surface area contributed by atoms with Crippen LogP contribution in [-0.2, 0) is 12.0 Å². The molecule has 1 atom stereocenters. The second-order valence-electron chi connectivity index (χ2n) is 6.57. The van der Waals surface area contributed by atoms with E-state index in [0.717, 1.165) is 22.2 Å². The molecule has 0 spiro atoms. The molecule has 2 rings (SSSR count). The van der Waals surface area contributed by atoms with Gasteiger partial charge in [0.2, 0.25) is 0 Å². The molecule has 1 fully saturated rings. The standard InChI is InChI=1S/C15H26N2OS/c1-11-8-6-5-7-9-17(11)14-16-13(15(2,3)4)12(10-18)19-14/h11,18H,5-10H2,1-4H3. The molecule has 4 heteroatoms. The van der Waals surface area contributed by atoms with Gasteiger partial charge in [-0.2, -0.15) is 0 Å². The summed E-state index contributed by atoms with van der Waals surface area (Å²) in [5.74, 6) is 0. The molecule has 0 aliphatic carbocycles. The summed E-state index contributed by atoms with van der Waals surface area (Å²) in [5.41, 5.74) is 1.06. The van der Waals surface area contributed by atoms with Crippen molar-refractivity contribution in [3.63, 3.8) is 0 Å². The number of nitrogens with zero attached hydrogens (tertiary/aromatic N) is 2. The lowest BCUT2D eigenvalue weighted by molar-refractivity contribution is 0.282. The van der Waals surface area contributed by atoms with Gasteiger partial charge in [-0.05, 0) is 19.8 Å². The van der Waals surface area contributed by atoms with Gasteiger partial charge >= 0.3 is 0 Å². The van der Waals surface area contributed by atoms with Crippen LogP contribution < -0.4 is 4.90 Å². The highest BCUT2D eigenvalue weighted by molar-refractivity contribution is 7.15. The van der Waals surface area contributed by atoms with Crippen molar-refractivity contribution in [3.05, 3.63) is 10.6 Å². The minimum atomic E-state index is 0.00189. The summed E-state index contributed by atoms with van der Waals surface area (Å²) in [6, 6.07) is 0.563. The Morgan fingerprint density at radius 2 is 2.05 bits per heavy atom. The molecule has 1 aromatic rings. The number of hydrogen-bond donors (Lipinski definition) is 1. The topological polar surface area (TPSA) is 36.4 Å². The summed E-state index contributed by atoms with van der Waals surface area (Å²) in [6.45, 7) is 9.99. The first-order valence-corrected chi connectivity index (χ1v) is 8.13. The van der Waals surface area contributed by atoms with E-state index >= 15 is 0 Å². The molecule has 0 aromatic carbocycles. The van der Waals surface area contributed by atoms with E-state index in [1.54, 1.807) is 11.3 Å². The van der Waals surface area contributed by atoms with E-state index in [4.69, 9.17) is 4.98 Å². The summed E-state index contributed by atoms with van der Waals surface area (Å²) in [5, 5.41) is 10.7. The molecule has 3 nitrogen and oxygen atoms in total. The third kappa shape index (κ3) is 3.29. The van der Waals surface area contributed by atoms with Crippen molar-refractivity contribution in [2.45, 2.75) is 71.4 Å². The summed E-state index contributed by atoms with van der Waals surface area (Å²) >= 11 is 1.67. The molecule has 19 heavy (non-hydrogen) atoms. The molecule has 0 bridgehead atoms. The van der Waals surface area contributed by atoms with Crippen LogP contribution in [0.2, 0.25) is 0 Å². The molecule has 1 aliphatic rings. The zero-order valence-corrected chi connectivity index (χ0v) is 13.4. The maximum absolute atomic E-state index is 9.57. The van der Waals surface area contributed by atoms with Gasteiger partial charge in [-0.3, -0.25) is 0 Å². The average Bonchev–Trinajstić information content (AvgIpc) is 2.66. The maximum Gasteiger partial charge on any atom is 0.186 e. The van der Waals surface area contributed by atoms with Gasteiger partial charge in [0.15, 0.2) is 5.13 Å². The SMILES string of the molecule is CC1CCCCCN1c1nc(C(C)(C)C)c(CO)s1. The van der Waals surface area contributed by atoms with Gasteiger partial charge in [0, 0.05) is 18.0 Å². The summed E-state index contributed by atoms with van der Waals surface area (Å²) < 4.78 is 0. The van der Waals surface area contributed by atoms with Crippen LogP contribution in [0.25, 0.3) is 0 Å². The quantitative estimate of drug-likeness (QED) is 0.898. The van der Waals surface area contributed by atoms with Crippen molar-refractivity contribution >= 4 is 16.5 Å². The highest BCUT2D eigenvalue weighted by Gasteiger charge is 2.26. The van der Waals surface area contributed by atoms with Crippen molar-refractivity contribution in [1.82, 2.24) is 4.98 Å². The molecule has 0 radical (unpaired) electrons. The monoisotopic (exact) mass is 282 g/mol. The van der Waals surface area contributed by atoms with Crippen LogP contribution in [0.3, 0.4) is 0 Å². The van der Waals surface area contributed by atoms with Crippen LogP contribution in [0, 0.1) is 0 Å². The fourth-order valence-corrected chi connectivity index (χ4v) is 3.97. The second-order valence-corrected chi connectivity index (χ2v) is 7.63. The van der Waals surface area contributed by atoms with Gasteiger partial charge in [-0.25, -0.2) is 4.98 Å². The predicted octanol–water partition coefficient (Wildman–Crippen LogP) is 3.70. The number of aromatic nitrogens is 1. The molecule has 1 aromatic heterocycles. The van der Waals surface area contributed by atoms with Crippen LogP contribution in [0.15, 0.2) is 0 Å². The van der Waals surface area contributed by atoms with E-state index in [2.05, 4.69) is 32.6 Å². The Morgan fingerprint density at radius 1 is 1.32 bits per heavy atom. The number of anilines is 1. The lowest BCUT2D eigenvalue weighted by Gasteiger charge is -2.26. The summed E-state index contributed by atoms with van der Waals surface area (Å²) in [6.07, 6.45) is 5.15. The van der Waals surface area contributed by atoms with Gasteiger partial charge in [-0.1, -0.05) is 44.9 Å². The normalized spacial score (nSPS) is 21.5. The number of aliphatic hydroxyl groups excluding tert-OH is 1. The minimum absolute atomic E-state index is 0.00189. The van der Waals surface area contributed by atoms with Gasteiger partial charge < -0.3 is 10.0 Å². The van der Waals surface area contributed by atoms with E-state index in [1.165, 1.54) is 25.7 Å². The summed E-state index contributed by atoms with van der Waals surface area (Å²) in [4.78, 5) is 8.32. The average molecular weight is 282 g/mol. The smallest absolute Gasteiger partial charge is 0.186 e. The Balaban J connectivity index is 2.31.